The highest BCUT2D eigenvalue weighted by Crippen LogP contribution is 2.34. The first-order valence-electron chi connectivity index (χ1n) is 5.89. The van der Waals surface area contributed by atoms with Crippen LogP contribution in [0, 0.1) is 0 Å². The number of nitrogen functional groups attached to an aromatic ring is 1. The van der Waals surface area contributed by atoms with Crippen molar-refractivity contribution in [1.29, 1.82) is 0 Å². The number of fused-ring (bicyclic) bond motifs is 1. The largest absolute Gasteiger partial charge is 0.454 e. The van der Waals surface area contributed by atoms with E-state index < -0.39 is 0 Å². The number of rotatable bonds is 2. The van der Waals surface area contributed by atoms with E-state index in [1.54, 1.807) is 36.4 Å². The third kappa shape index (κ3) is 2.42. The van der Waals surface area contributed by atoms with Gasteiger partial charge in [-0.2, -0.15) is 0 Å². The lowest BCUT2D eigenvalue weighted by Crippen LogP contribution is -2.12. The fraction of sp³-hybridized carbons (Fsp3) is 0.0714. The second-order valence-corrected chi connectivity index (χ2v) is 5.11. The first-order chi connectivity index (χ1) is 9.63. The van der Waals surface area contributed by atoms with E-state index >= 15 is 0 Å². The lowest BCUT2D eigenvalue weighted by Gasteiger charge is -2.07. The van der Waals surface area contributed by atoms with Crippen LogP contribution in [0.4, 0.5) is 11.4 Å². The Kier molecular flexibility index (Phi) is 3.23. The summed E-state index contributed by atoms with van der Waals surface area (Å²) < 4.78 is 11.2. The smallest absolute Gasteiger partial charge is 0.255 e. The molecule has 0 spiro atoms. The summed E-state index contributed by atoms with van der Waals surface area (Å²) in [6.45, 7) is 0.206. The number of carbonyl (C=O) groups is 1. The van der Waals surface area contributed by atoms with Gasteiger partial charge in [0.15, 0.2) is 11.5 Å². The lowest BCUT2D eigenvalue weighted by atomic mass is 10.2. The number of nitrogens with one attached hydrogen (secondary N) is 1. The average molecular weight is 335 g/mol. The van der Waals surface area contributed by atoms with Gasteiger partial charge in [-0.25, -0.2) is 0 Å². The molecule has 2 aromatic carbocycles. The van der Waals surface area contributed by atoms with Crippen molar-refractivity contribution in [3.63, 3.8) is 0 Å². The van der Waals surface area contributed by atoms with Crippen molar-refractivity contribution < 1.29 is 14.3 Å². The molecule has 1 aliphatic heterocycles. The summed E-state index contributed by atoms with van der Waals surface area (Å²) in [4.78, 5) is 12.1. The second-order valence-electron chi connectivity index (χ2n) is 4.26. The van der Waals surface area contributed by atoms with E-state index in [4.69, 9.17) is 15.2 Å². The maximum absolute atomic E-state index is 12.1. The molecule has 102 valence electrons. The molecule has 3 N–H and O–H groups in total. The first-order valence-corrected chi connectivity index (χ1v) is 6.69. The lowest BCUT2D eigenvalue weighted by molar-refractivity contribution is 0.102. The highest BCUT2D eigenvalue weighted by atomic mass is 79.9. The fourth-order valence-electron chi connectivity index (χ4n) is 1.85. The number of amides is 1. The van der Waals surface area contributed by atoms with Gasteiger partial charge in [-0.3, -0.25) is 4.79 Å². The molecule has 0 radical (unpaired) electrons. The summed E-state index contributed by atoms with van der Waals surface area (Å²) in [6.07, 6.45) is 0. The maximum Gasteiger partial charge on any atom is 0.255 e. The van der Waals surface area contributed by atoms with Gasteiger partial charge in [0.05, 0.1) is 0 Å². The summed E-state index contributed by atoms with van der Waals surface area (Å²) >= 11 is 3.30. The van der Waals surface area contributed by atoms with Crippen LogP contribution in [0.2, 0.25) is 0 Å². The molecule has 1 aliphatic rings. The van der Waals surface area contributed by atoms with Crippen LogP contribution in [0.25, 0.3) is 0 Å². The van der Waals surface area contributed by atoms with Gasteiger partial charge in [-0.1, -0.05) is 0 Å². The number of nitrogens with two attached hydrogens (primary N) is 1. The van der Waals surface area contributed by atoms with Crippen LogP contribution in [0.1, 0.15) is 10.4 Å². The van der Waals surface area contributed by atoms with E-state index in [1.807, 2.05) is 0 Å². The second kappa shape index (κ2) is 5.05. The molecule has 6 heteroatoms. The van der Waals surface area contributed by atoms with Gasteiger partial charge >= 0.3 is 0 Å². The minimum absolute atomic E-state index is 0.206. The molecule has 0 unspecified atom stereocenters. The van der Waals surface area contributed by atoms with Crippen LogP contribution in [-0.2, 0) is 0 Å². The Bertz CT molecular complexity index is 688. The summed E-state index contributed by atoms with van der Waals surface area (Å²) in [7, 11) is 0. The summed E-state index contributed by atoms with van der Waals surface area (Å²) in [5, 5.41) is 2.80. The molecule has 1 heterocycles. The Hall–Kier alpha value is -2.21. The normalized spacial score (nSPS) is 12.2. The van der Waals surface area contributed by atoms with Gasteiger partial charge in [0.2, 0.25) is 6.79 Å². The van der Waals surface area contributed by atoms with E-state index in [2.05, 4.69) is 21.2 Å². The number of hydrogen-bond acceptors (Lipinski definition) is 4. The van der Waals surface area contributed by atoms with Crippen molar-refractivity contribution >= 4 is 33.2 Å². The van der Waals surface area contributed by atoms with Crippen LogP contribution in [0.5, 0.6) is 11.5 Å². The zero-order valence-electron chi connectivity index (χ0n) is 10.4. The molecule has 0 aliphatic carbocycles. The van der Waals surface area contributed by atoms with Crippen molar-refractivity contribution in [2.75, 3.05) is 17.8 Å². The third-order valence-corrected chi connectivity index (χ3v) is 3.58. The zero-order chi connectivity index (χ0) is 14.1. The highest BCUT2D eigenvalue weighted by Gasteiger charge is 2.14. The first kappa shape index (κ1) is 12.8. The molecule has 0 aromatic heterocycles. The quantitative estimate of drug-likeness (QED) is 0.828. The number of halogens is 1. The number of carbonyl (C=O) groups excluding carboxylic acids is 1. The SMILES string of the molecule is Nc1ccc(C(=O)Nc2ccc3c(c2)OCO3)cc1Br. The zero-order valence-corrected chi connectivity index (χ0v) is 11.9. The van der Waals surface area contributed by atoms with Gasteiger partial charge in [0.25, 0.3) is 5.91 Å². The molecule has 0 atom stereocenters. The van der Waals surface area contributed by atoms with Crippen molar-refractivity contribution in [1.82, 2.24) is 0 Å². The average Bonchev–Trinajstić information content (AvgIpc) is 2.89. The molecule has 3 rings (SSSR count). The fourth-order valence-corrected chi connectivity index (χ4v) is 2.22. The number of ether oxygens (including phenoxy) is 2. The molecule has 20 heavy (non-hydrogen) atoms. The minimum atomic E-state index is -0.218. The Balaban J connectivity index is 1.80. The summed E-state index contributed by atoms with van der Waals surface area (Å²) in [6, 6.07) is 10.3. The van der Waals surface area contributed by atoms with Crippen molar-refractivity contribution in [2.24, 2.45) is 0 Å². The topological polar surface area (TPSA) is 73.6 Å². The van der Waals surface area contributed by atoms with Crippen molar-refractivity contribution in [3.8, 4) is 11.5 Å². The van der Waals surface area contributed by atoms with Gasteiger partial charge in [0.1, 0.15) is 0 Å². The molecular weight excluding hydrogens is 324 g/mol. The minimum Gasteiger partial charge on any atom is -0.454 e. The van der Waals surface area contributed by atoms with Crippen molar-refractivity contribution in [3.05, 3.63) is 46.4 Å². The van der Waals surface area contributed by atoms with Crippen LogP contribution < -0.4 is 20.5 Å². The number of hydrogen-bond donors (Lipinski definition) is 2. The predicted octanol–water partition coefficient (Wildman–Crippen LogP) is 3.01. The van der Waals surface area contributed by atoms with Gasteiger partial charge in [-0.15, -0.1) is 0 Å². The molecular formula is C14H11BrN2O3. The van der Waals surface area contributed by atoms with E-state index in [0.717, 1.165) is 0 Å². The van der Waals surface area contributed by atoms with Crippen LogP contribution in [0.3, 0.4) is 0 Å². The van der Waals surface area contributed by atoms with E-state index in [1.165, 1.54) is 0 Å². The third-order valence-electron chi connectivity index (χ3n) is 2.89. The molecule has 1 amide bonds. The summed E-state index contributed by atoms with van der Waals surface area (Å²) in [5.41, 5.74) is 7.44. The molecule has 0 saturated carbocycles. The van der Waals surface area contributed by atoms with E-state index in [9.17, 15) is 4.79 Å². The molecule has 0 saturated heterocycles. The molecule has 0 bridgehead atoms. The van der Waals surface area contributed by atoms with E-state index in [-0.39, 0.29) is 12.7 Å². The van der Waals surface area contributed by atoms with Gasteiger partial charge in [-0.05, 0) is 46.3 Å². The predicted molar refractivity (Wildman–Crippen MR) is 79.1 cm³/mol. The number of anilines is 2. The van der Waals surface area contributed by atoms with Gasteiger partial charge in [0, 0.05) is 27.5 Å². The molecule has 2 aromatic rings. The Morgan fingerprint density at radius 2 is 1.95 bits per heavy atom. The monoisotopic (exact) mass is 334 g/mol. The Morgan fingerprint density at radius 3 is 2.75 bits per heavy atom. The highest BCUT2D eigenvalue weighted by molar-refractivity contribution is 9.10. The standard InChI is InChI=1S/C14H11BrN2O3/c15-10-5-8(1-3-11(10)16)14(18)17-9-2-4-12-13(6-9)20-7-19-12/h1-6H,7,16H2,(H,17,18). The number of benzene rings is 2. The van der Waals surface area contributed by atoms with Crippen molar-refractivity contribution in [2.45, 2.75) is 0 Å². The molecule has 5 nitrogen and oxygen atoms in total. The van der Waals surface area contributed by atoms with Crippen LogP contribution >= 0.6 is 15.9 Å². The van der Waals surface area contributed by atoms with Crippen LogP contribution in [-0.4, -0.2) is 12.7 Å². The van der Waals surface area contributed by atoms with E-state index in [0.29, 0.717) is 32.9 Å². The van der Waals surface area contributed by atoms with Gasteiger partial charge < -0.3 is 20.5 Å². The Morgan fingerprint density at radius 1 is 1.15 bits per heavy atom. The summed E-state index contributed by atoms with van der Waals surface area (Å²) in [5.74, 6) is 1.09. The Labute approximate surface area is 123 Å². The maximum atomic E-state index is 12.1. The molecule has 0 fully saturated rings. The van der Waals surface area contributed by atoms with Crippen LogP contribution in [0.15, 0.2) is 40.9 Å².